The van der Waals surface area contributed by atoms with Crippen molar-refractivity contribution in [2.45, 2.75) is 5.92 Å². The summed E-state index contributed by atoms with van der Waals surface area (Å²) in [4.78, 5) is 36.6. The van der Waals surface area contributed by atoms with Gasteiger partial charge in [-0.25, -0.2) is 9.59 Å². The molecule has 29 heavy (non-hydrogen) atoms. The number of nitrogens with one attached hydrogen (secondary N) is 1. The summed E-state index contributed by atoms with van der Waals surface area (Å²) in [6.45, 7) is 0. The van der Waals surface area contributed by atoms with Gasteiger partial charge in [-0.05, 0) is 29.8 Å². The fourth-order valence-corrected chi connectivity index (χ4v) is 3.46. The van der Waals surface area contributed by atoms with Crippen LogP contribution in [0.1, 0.15) is 27.5 Å². The fraction of sp³-hybridized carbons (Fsp3) is 0.0556. The van der Waals surface area contributed by atoms with Crippen LogP contribution < -0.4 is 11.2 Å². The molecule has 2 aromatic carbocycles. The molecule has 146 valence electrons. The van der Waals surface area contributed by atoms with Crippen LogP contribution in [0.25, 0.3) is 5.69 Å². The first-order valence-electron chi connectivity index (χ1n) is 7.84. The van der Waals surface area contributed by atoms with Crippen LogP contribution in [-0.4, -0.2) is 25.8 Å². The van der Waals surface area contributed by atoms with E-state index in [2.05, 4.69) is 11.2 Å². The normalized spacial score (nSPS) is 11.7. The molecule has 1 atom stereocenters. The standard InChI is InChI=1S/C18H9Cl3N4O4/c19-9-3-1-8(2-4-9)11(7-22)14-12(20)5-10(6-13(14)21)25-18(29)23-16(26)15(24-25)17(27)28/h1-6,11H,(H,27,28)(H,23,26,29). The summed E-state index contributed by atoms with van der Waals surface area (Å²) in [5.74, 6) is -2.43. The smallest absolute Gasteiger partial charge is 0.362 e. The van der Waals surface area contributed by atoms with Crippen LogP contribution in [0.2, 0.25) is 15.1 Å². The van der Waals surface area contributed by atoms with E-state index in [0.29, 0.717) is 15.3 Å². The second-order valence-electron chi connectivity index (χ2n) is 5.76. The molecule has 1 unspecified atom stereocenters. The molecular formula is C18H9Cl3N4O4. The molecule has 3 aromatic rings. The van der Waals surface area contributed by atoms with E-state index in [9.17, 15) is 19.6 Å². The average Bonchev–Trinajstić information content (AvgIpc) is 2.65. The second-order valence-corrected chi connectivity index (χ2v) is 7.01. The van der Waals surface area contributed by atoms with Crippen molar-refractivity contribution in [1.82, 2.24) is 14.8 Å². The predicted octanol–water partition coefficient (Wildman–Crippen LogP) is 3.23. The van der Waals surface area contributed by atoms with Gasteiger partial charge in [-0.15, -0.1) is 0 Å². The van der Waals surface area contributed by atoms with Gasteiger partial charge >= 0.3 is 11.7 Å². The lowest BCUT2D eigenvalue weighted by Crippen LogP contribution is -2.35. The molecule has 1 aromatic heterocycles. The van der Waals surface area contributed by atoms with E-state index in [1.54, 1.807) is 24.3 Å². The fourth-order valence-electron chi connectivity index (χ4n) is 2.64. The average molecular weight is 452 g/mol. The van der Waals surface area contributed by atoms with Crippen molar-refractivity contribution in [1.29, 1.82) is 5.26 Å². The van der Waals surface area contributed by atoms with Crippen molar-refractivity contribution < 1.29 is 9.90 Å². The zero-order valence-electron chi connectivity index (χ0n) is 14.2. The molecule has 0 bridgehead atoms. The van der Waals surface area contributed by atoms with E-state index >= 15 is 0 Å². The van der Waals surface area contributed by atoms with Crippen molar-refractivity contribution in [3.05, 3.63) is 89.1 Å². The van der Waals surface area contributed by atoms with E-state index in [0.717, 1.165) is 0 Å². The molecule has 11 heteroatoms. The lowest BCUT2D eigenvalue weighted by Gasteiger charge is -2.16. The summed E-state index contributed by atoms with van der Waals surface area (Å²) in [6.07, 6.45) is 0. The lowest BCUT2D eigenvalue weighted by molar-refractivity contribution is 0.0685. The highest BCUT2D eigenvalue weighted by molar-refractivity contribution is 6.36. The molecule has 0 aliphatic heterocycles. The van der Waals surface area contributed by atoms with Crippen LogP contribution in [0.4, 0.5) is 0 Å². The maximum atomic E-state index is 12.1. The molecule has 0 radical (unpaired) electrons. The van der Waals surface area contributed by atoms with Crippen molar-refractivity contribution in [3.63, 3.8) is 0 Å². The number of aromatic carboxylic acids is 1. The minimum atomic E-state index is -1.61. The van der Waals surface area contributed by atoms with Gasteiger partial charge in [0, 0.05) is 20.6 Å². The Hall–Kier alpha value is -3.12. The minimum absolute atomic E-state index is 0.0142. The summed E-state index contributed by atoms with van der Waals surface area (Å²) in [5.41, 5.74) is -2.09. The van der Waals surface area contributed by atoms with Gasteiger partial charge in [-0.3, -0.25) is 9.78 Å². The van der Waals surface area contributed by atoms with Crippen LogP contribution in [0.5, 0.6) is 0 Å². The Balaban J connectivity index is 2.16. The monoisotopic (exact) mass is 450 g/mol. The van der Waals surface area contributed by atoms with Gasteiger partial charge in [0.15, 0.2) is 0 Å². The Labute approximate surface area is 177 Å². The van der Waals surface area contributed by atoms with Crippen LogP contribution in [0.15, 0.2) is 46.0 Å². The second kappa shape index (κ2) is 8.09. The van der Waals surface area contributed by atoms with Crippen molar-refractivity contribution in [2.75, 3.05) is 0 Å². The van der Waals surface area contributed by atoms with Gasteiger partial charge < -0.3 is 5.11 Å². The minimum Gasteiger partial charge on any atom is -0.476 e. The molecule has 0 aliphatic rings. The van der Waals surface area contributed by atoms with Crippen LogP contribution in [-0.2, 0) is 0 Å². The summed E-state index contributed by atoms with van der Waals surface area (Å²) in [6, 6.07) is 11.3. The summed E-state index contributed by atoms with van der Waals surface area (Å²) in [5, 5.41) is 22.8. The van der Waals surface area contributed by atoms with E-state index in [4.69, 9.17) is 39.9 Å². The summed E-state index contributed by atoms with van der Waals surface area (Å²) >= 11 is 18.5. The number of H-pyrrole nitrogens is 1. The number of aromatic nitrogens is 3. The third-order valence-corrected chi connectivity index (χ3v) is 4.84. The first-order valence-corrected chi connectivity index (χ1v) is 8.97. The number of rotatable bonds is 4. The number of carboxylic acid groups (broad SMARTS) is 1. The van der Waals surface area contributed by atoms with E-state index in [1.165, 1.54) is 12.1 Å². The number of halogens is 3. The molecule has 0 spiro atoms. The highest BCUT2D eigenvalue weighted by Gasteiger charge is 2.22. The first kappa shape index (κ1) is 20.6. The number of hydrogen-bond acceptors (Lipinski definition) is 5. The lowest BCUT2D eigenvalue weighted by atomic mass is 9.92. The Bertz CT molecular complexity index is 1250. The highest BCUT2D eigenvalue weighted by atomic mass is 35.5. The molecule has 0 saturated carbocycles. The highest BCUT2D eigenvalue weighted by Crippen LogP contribution is 2.37. The van der Waals surface area contributed by atoms with E-state index in [1.807, 2.05) is 4.98 Å². The number of carbonyl (C=O) groups is 1. The molecular weight excluding hydrogens is 443 g/mol. The molecule has 0 amide bonds. The third-order valence-electron chi connectivity index (χ3n) is 3.96. The number of aromatic amines is 1. The van der Waals surface area contributed by atoms with Crippen molar-refractivity contribution in [2.24, 2.45) is 0 Å². The zero-order valence-corrected chi connectivity index (χ0v) is 16.5. The first-order chi connectivity index (χ1) is 13.7. The van der Waals surface area contributed by atoms with Crippen molar-refractivity contribution in [3.8, 4) is 11.8 Å². The predicted molar refractivity (Wildman–Crippen MR) is 106 cm³/mol. The van der Waals surface area contributed by atoms with Crippen LogP contribution in [0.3, 0.4) is 0 Å². The number of nitriles is 1. The van der Waals surface area contributed by atoms with E-state index in [-0.39, 0.29) is 21.3 Å². The Morgan fingerprint density at radius 2 is 1.72 bits per heavy atom. The molecule has 3 rings (SSSR count). The third kappa shape index (κ3) is 4.03. The molecule has 1 heterocycles. The summed E-state index contributed by atoms with van der Waals surface area (Å²) in [7, 11) is 0. The van der Waals surface area contributed by atoms with Gasteiger partial charge in [0.05, 0.1) is 17.7 Å². The Morgan fingerprint density at radius 3 is 2.24 bits per heavy atom. The van der Waals surface area contributed by atoms with Crippen LogP contribution in [0, 0.1) is 11.3 Å². The van der Waals surface area contributed by atoms with E-state index < -0.39 is 28.8 Å². The Kier molecular flexibility index (Phi) is 5.75. The number of benzene rings is 2. The molecule has 2 N–H and O–H groups in total. The SMILES string of the molecule is N#CC(c1ccc(Cl)cc1)c1c(Cl)cc(-n2nc(C(=O)O)c(=O)[nH]c2=O)cc1Cl. The summed E-state index contributed by atoms with van der Waals surface area (Å²) < 4.78 is 0.649. The van der Waals surface area contributed by atoms with Gasteiger partial charge in [-0.1, -0.05) is 46.9 Å². The van der Waals surface area contributed by atoms with Crippen LogP contribution >= 0.6 is 34.8 Å². The maximum Gasteiger partial charge on any atom is 0.362 e. The quantitative estimate of drug-likeness (QED) is 0.626. The van der Waals surface area contributed by atoms with Gasteiger partial charge in [0.2, 0.25) is 5.69 Å². The molecule has 8 nitrogen and oxygen atoms in total. The van der Waals surface area contributed by atoms with Crippen molar-refractivity contribution >= 4 is 40.8 Å². The van der Waals surface area contributed by atoms with Gasteiger partial charge in [0.25, 0.3) is 5.56 Å². The zero-order chi connectivity index (χ0) is 21.3. The Morgan fingerprint density at radius 1 is 1.14 bits per heavy atom. The molecule has 0 aliphatic carbocycles. The number of nitrogens with zero attached hydrogens (tertiary/aromatic N) is 3. The molecule has 0 fully saturated rings. The van der Waals surface area contributed by atoms with Gasteiger partial charge in [-0.2, -0.15) is 15.0 Å². The topological polar surface area (TPSA) is 129 Å². The molecule has 0 saturated heterocycles. The largest absolute Gasteiger partial charge is 0.476 e. The maximum absolute atomic E-state index is 12.1. The number of hydrogen-bond donors (Lipinski definition) is 2. The van der Waals surface area contributed by atoms with Gasteiger partial charge in [0.1, 0.15) is 0 Å². The number of carboxylic acids is 1.